The van der Waals surface area contributed by atoms with Gasteiger partial charge in [-0.15, -0.1) is 15.7 Å². The average molecular weight is 548 g/mol. The number of sulfonamides is 1. The first-order valence-corrected chi connectivity index (χ1v) is 14.2. The Morgan fingerprint density at radius 3 is 2.78 bits per heavy atom. The molecule has 1 saturated heterocycles. The van der Waals surface area contributed by atoms with Crippen LogP contribution < -0.4 is 10.7 Å². The summed E-state index contributed by atoms with van der Waals surface area (Å²) >= 11 is 6.94. The van der Waals surface area contributed by atoms with Crippen LogP contribution in [0, 0.1) is 0 Å². The van der Waals surface area contributed by atoms with Gasteiger partial charge in [-0.05, 0) is 69.8 Å². The maximum Gasteiger partial charge on any atom is 0.293 e. The van der Waals surface area contributed by atoms with Gasteiger partial charge in [0.25, 0.3) is 15.9 Å². The summed E-state index contributed by atoms with van der Waals surface area (Å²) in [5, 5.41) is 4.93. The van der Waals surface area contributed by atoms with Gasteiger partial charge in [0.05, 0.1) is 9.88 Å². The van der Waals surface area contributed by atoms with Crippen LogP contribution in [0.4, 0.5) is 0 Å². The number of likely N-dealkylation sites (N-methyl/N-ethyl adjacent to an activating group) is 1. The van der Waals surface area contributed by atoms with E-state index in [1.54, 1.807) is 12.1 Å². The van der Waals surface area contributed by atoms with E-state index in [9.17, 15) is 13.2 Å². The van der Waals surface area contributed by atoms with Crippen molar-refractivity contribution in [3.05, 3.63) is 75.2 Å². The average Bonchev–Trinajstić information content (AvgIpc) is 3.36. The van der Waals surface area contributed by atoms with Crippen molar-refractivity contribution in [1.29, 1.82) is 0 Å². The molecule has 0 radical (unpaired) electrons. The molecule has 36 heavy (non-hydrogen) atoms. The lowest BCUT2D eigenvalue weighted by atomic mass is 9.82. The molecule has 192 valence electrons. The van der Waals surface area contributed by atoms with Gasteiger partial charge in [0.1, 0.15) is 4.21 Å². The summed E-state index contributed by atoms with van der Waals surface area (Å²) in [6.45, 7) is 5.79. The second-order valence-corrected chi connectivity index (χ2v) is 12.9. The van der Waals surface area contributed by atoms with Crippen LogP contribution >= 0.6 is 22.9 Å². The molecule has 0 spiro atoms. The number of amidine groups is 1. The van der Waals surface area contributed by atoms with Crippen molar-refractivity contribution in [2.75, 3.05) is 27.2 Å². The molecule has 1 aromatic carbocycles. The zero-order chi connectivity index (χ0) is 26.1. The van der Waals surface area contributed by atoms with Gasteiger partial charge in [-0.2, -0.15) is 8.42 Å². The maximum atomic E-state index is 13.0. The summed E-state index contributed by atoms with van der Waals surface area (Å²) in [5.41, 5.74) is 6.04. The van der Waals surface area contributed by atoms with Crippen molar-refractivity contribution in [3.63, 3.8) is 0 Å². The molecule has 2 aromatic rings. The van der Waals surface area contributed by atoms with Crippen LogP contribution in [0.25, 0.3) is 0 Å². The monoisotopic (exact) mass is 547 g/mol. The third-order valence-corrected chi connectivity index (χ3v) is 9.25. The summed E-state index contributed by atoms with van der Waals surface area (Å²) in [6, 6.07) is 10.5. The highest BCUT2D eigenvalue weighted by molar-refractivity contribution is 7.92. The molecule has 1 aromatic heterocycles. The number of hydrogen-bond donors (Lipinski definition) is 2. The Bertz CT molecular complexity index is 1360. The van der Waals surface area contributed by atoms with E-state index in [-0.39, 0.29) is 10.1 Å². The molecule has 1 fully saturated rings. The molecule has 2 heterocycles. The van der Waals surface area contributed by atoms with Crippen LogP contribution in [0.5, 0.6) is 0 Å². The normalized spacial score (nSPS) is 21.2. The summed E-state index contributed by atoms with van der Waals surface area (Å²) in [4.78, 5) is 14.6. The second kappa shape index (κ2) is 10.5. The zero-order valence-electron chi connectivity index (χ0n) is 20.7. The van der Waals surface area contributed by atoms with Gasteiger partial charge in [0.15, 0.2) is 5.84 Å². The highest BCUT2D eigenvalue weighted by atomic mass is 35.5. The van der Waals surface area contributed by atoms with Gasteiger partial charge in [-0.1, -0.05) is 35.9 Å². The first-order valence-electron chi connectivity index (χ1n) is 11.5. The largest absolute Gasteiger partial charge is 0.351 e. The minimum absolute atomic E-state index is 0.0968. The number of allylic oxidation sites excluding steroid dienone is 2. The van der Waals surface area contributed by atoms with Gasteiger partial charge >= 0.3 is 0 Å². The predicted molar refractivity (Wildman–Crippen MR) is 145 cm³/mol. The number of benzene rings is 1. The van der Waals surface area contributed by atoms with Crippen LogP contribution in [0.2, 0.25) is 4.34 Å². The number of hydrazine groups is 1. The number of carbonyl (C=O) groups is 1. The summed E-state index contributed by atoms with van der Waals surface area (Å²) in [6.07, 6.45) is 4.75. The molecule has 0 bridgehead atoms. The first kappa shape index (κ1) is 26.6. The van der Waals surface area contributed by atoms with Gasteiger partial charge < -0.3 is 15.6 Å². The fraction of sp³-hybridized carbons (Fsp3) is 0.360. The third kappa shape index (κ3) is 5.57. The van der Waals surface area contributed by atoms with Gasteiger partial charge in [-0.25, -0.2) is 5.01 Å². The van der Waals surface area contributed by atoms with E-state index in [4.69, 9.17) is 11.6 Å². The quantitative estimate of drug-likeness (QED) is 0.521. The predicted octanol–water partition coefficient (Wildman–Crippen LogP) is 3.84. The van der Waals surface area contributed by atoms with E-state index in [1.165, 1.54) is 6.07 Å². The highest BCUT2D eigenvalue weighted by Crippen LogP contribution is 2.40. The van der Waals surface area contributed by atoms with E-state index in [0.29, 0.717) is 35.2 Å². The number of rotatable bonds is 8. The molecule has 1 amide bonds. The molecule has 4 rings (SSSR count). The van der Waals surface area contributed by atoms with E-state index >= 15 is 0 Å². The topological polar surface area (TPSA) is 94.1 Å². The fourth-order valence-electron chi connectivity index (χ4n) is 4.44. The smallest absolute Gasteiger partial charge is 0.293 e. The van der Waals surface area contributed by atoms with E-state index in [2.05, 4.69) is 28.1 Å². The SMILES string of the molecule is CC1=C2C(=NS(=O)(=O)c3ccc(Cl)s3)NN(Cc3cccc(C(=O)NCCN(C)C)c3)C2(C)CC=C1. The first-order chi connectivity index (χ1) is 17.0. The molecule has 1 unspecified atom stereocenters. The Morgan fingerprint density at radius 2 is 2.08 bits per heavy atom. The van der Waals surface area contributed by atoms with Crippen molar-refractivity contribution in [1.82, 2.24) is 20.7 Å². The molecule has 1 aliphatic carbocycles. The number of halogens is 1. The third-order valence-electron chi connectivity index (χ3n) is 6.28. The molecule has 1 aliphatic heterocycles. The second-order valence-electron chi connectivity index (χ2n) is 9.37. The number of thiophene rings is 1. The Kier molecular flexibility index (Phi) is 7.72. The zero-order valence-corrected chi connectivity index (χ0v) is 23.1. The van der Waals surface area contributed by atoms with Crippen molar-refractivity contribution in [2.24, 2.45) is 4.40 Å². The Labute approximate surface area is 221 Å². The molecular formula is C25H30ClN5O3S2. The lowest BCUT2D eigenvalue weighted by Gasteiger charge is -2.35. The van der Waals surface area contributed by atoms with E-state index < -0.39 is 15.6 Å². The number of nitrogens with one attached hydrogen (secondary N) is 2. The highest BCUT2D eigenvalue weighted by Gasteiger charge is 2.47. The lowest BCUT2D eigenvalue weighted by Crippen LogP contribution is -2.46. The molecule has 2 aliphatic rings. The number of fused-ring (bicyclic) bond motifs is 1. The van der Waals surface area contributed by atoms with Crippen LogP contribution in [0.15, 0.2) is 68.3 Å². The maximum absolute atomic E-state index is 13.0. The van der Waals surface area contributed by atoms with Gasteiger partial charge in [-0.3, -0.25) is 4.79 Å². The lowest BCUT2D eigenvalue weighted by molar-refractivity contribution is 0.0950. The van der Waals surface area contributed by atoms with Crippen LogP contribution in [0.3, 0.4) is 0 Å². The van der Waals surface area contributed by atoms with Crippen molar-refractivity contribution >= 4 is 44.7 Å². The van der Waals surface area contributed by atoms with Crippen LogP contribution in [-0.2, 0) is 16.6 Å². The number of carbonyl (C=O) groups excluding carboxylic acids is 1. The molecule has 8 nitrogen and oxygen atoms in total. The molecule has 0 saturated carbocycles. The Morgan fingerprint density at radius 1 is 1.31 bits per heavy atom. The van der Waals surface area contributed by atoms with Gasteiger partial charge in [0, 0.05) is 30.8 Å². The van der Waals surface area contributed by atoms with E-state index in [0.717, 1.165) is 34.6 Å². The summed E-state index contributed by atoms with van der Waals surface area (Å²) < 4.78 is 30.7. The Balaban J connectivity index is 1.61. The number of hydrogen-bond acceptors (Lipinski definition) is 6. The van der Waals surface area contributed by atoms with E-state index in [1.807, 2.05) is 55.2 Å². The Hall–Kier alpha value is -2.50. The van der Waals surface area contributed by atoms with Crippen molar-refractivity contribution in [2.45, 2.75) is 36.6 Å². The minimum Gasteiger partial charge on any atom is -0.351 e. The summed E-state index contributed by atoms with van der Waals surface area (Å²) in [7, 11) is -0.0187. The molecular weight excluding hydrogens is 518 g/mol. The molecule has 11 heteroatoms. The van der Waals surface area contributed by atoms with Crippen LogP contribution in [-0.4, -0.2) is 62.8 Å². The van der Waals surface area contributed by atoms with Crippen molar-refractivity contribution in [3.8, 4) is 0 Å². The fourth-order valence-corrected chi connectivity index (χ4v) is 6.86. The molecule has 1 atom stereocenters. The standard InChI is InChI=1S/C25H30ClN5O3S2/c1-17-7-6-12-25(2)22(17)23(29-36(33,34)21-11-10-20(26)35-21)28-31(25)16-18-8-5-9-19(15-18)24(32)27-13-14-30(3)4/h5-11,15H,12-14,16H2,1-4H3,(H,27,32)(H,28,29). The van der Waals surface area contributed by atoms with Crippen molar-refractivity contribution < 1.29 is 13.2 Å². The molecule has 2 N–H and O–H groups in total. The van der Waals surface area contributed by atoms with Gasteiger partial charge in [0.2, 0.25) is 0 Å². The summed E-state index contributed by atoms with van der Waals surface area (Å²) in [5.74, 6) is 0.181. The number of amides is 1. The number of nitrogens with zero attached hydrogens (tertiary/aromatic N) is 3. The minimum atomic E-state index is -3.93. The van der Waals surface area contributed by atoms with Crippen LogP contribution in [0.1, 0.15) is 36.2 Å².